The first kappa shape index (κ1) is 12.1. The van der Waals surface area contributed by atoms with E-state index < -0.39 is 21.0 Å². The number of hydrogen-bond acceptors (Lipinski definition) is 4. The molecule has 1 aliphatic carbocycles. The van der Waals surface area contributed by atoms with Crippen molar-refractivity contribution in [3.05, 3.63) is 29.8 Å². The van der Waals surface area contributed by atoms with Crippen LogP contribution < -0.4 is 4.74 Å². The second-order valence-corrected chi connectivity index (χ2v) is 6.51. The van der Waals surface area contributed by atoms with Crippen LogP contribution in [0.25, 0.3) is 0 Å². The van der Waals surface area contributed by atoms with E-state index in [4.69, 9.17) is 4.74 Å². The number of rotatable bonds is 4. The molecule has 1 saturated carbocycles. The van der Waals surface area contributed by atoms with Gasteiger partial charge in [0, 0.05) is 18.1 Å². The van der Waals surface area contributed by atoms with Gasteiger partial charge in [0.25, 0.3) is 0 Å². The SMILES string of the molecule is COc1ccc([C@@H]2[C@H](C=O)[C@H]2S(C)(=O)=O)cc1. The number of methoxy groups -OCH3 is 1. The van der Waals surface area contributed by atoms with Crippen molar-refractivity contribution in [2.45, 2.75) is 11.2 Å². The molecule has 92 valence electrons. The molecular weight excluding hydrogens is 240 g/mol. The third-order valence-corrected chi connectivity index (χ3v) is 4.76. The molecule has 2 rings (SSSR count). The molecule has 0 heterocycles. The Morgan fingerprint density at radius 3 is 2.18 bits per heavy atom. The van der Waals surface area contributed by atoms with E-state index in [1.165, 1.54) is 6.26 Å². The van der Waals surface area contributed by atoms with Gasteiger partial charge in [-0.15, -0.1) is 0 Å². The van der Waals surface area contributed by atoms with Crippen LogP contribution in [0.2, 0.25) is 0 Å². The fourth-order valence-electron chi connectivity index (χ4n) is 2.26. The molecule has 1 aromatic rings. The van der Waals surface area contributed by atoms with Crippen LogP contribution in [0.3, 0.4) is 0 Å². The van der Waals surface area contributed by atoms with Crippen molar-refractivity contribution in [2.24, 2.45) is 5.92 Å². The van der Waals surface area contributed by atoms with E-state index in [1.54, 1.807) is 19.2 Å². The summed E-state index contributed by atoms with van der Waals surface area (Å²) in [6.45, 7) is 0. The number of carbonyl (C=O) groups is 1. The van der Waals surface area contributed by atoms with Crippen LogP contribution in [0.15, 0.2) is 24.3 Å². The lowest BCUT2D eigenvalue weighted by atomic mass is 10.1. The molecule has 0 N–H and O–H groups in total. The Kier molecular flexibility index (Phi) is 2.95. The number of carbonyl (C=O) groups excluding carboxylic acids is 1. The van der Waals surface area contributed by atoms with Gasteiger partial charge < -0.3 is 9.53 Å². The summed E-state index contributed by atoms with van der Waals surface area (Å²) in [5.74, 6) is 0.111. The van der Waals surface area contributed by atoms with Gasteiger partial charge in [0.05, 0.1) is 12.4 Å². The topological polar surface area (TPSA) is 60.4 Å². The van der Waals surface area contributed by atoms with E-state index in [1.807, 2.05) is 12.1 Å². The predicted octanol–water partition coefficient (Wildman–Crippen LogP) is 1.02. The maximum Gasteiger partial charge on any atom is 0.151 e. The van der Waals surface area contributed by atoms with Crippen molar-refractivity contribution >= 4 is 16.1 Å². The van der Waals surface area contributed by atoms with Gasteiger partial charge in [0.15, 0.2) is 9.84 Å². The average molecular weight is 254 g/mol. The molecule has 1 aromatic carbocycles. The number of ether oxygens (including phenoxy) is 1. The van der Waals surface area contributed by atoms with Crippen LogP contribution >= 0.6 is 0 Å². The van der Waals surface area contributed by atoms with Crippen molar-refractivity contribution in [3.63, 3.8) is 0 Å². The highest BCUT2D eigenvalue weighted by Crippen LogP contribution is 2.50. The first-order valence-corrected chi connectivity index (χ1v) is 7.22. The van der Waals surface area contributed by atoms with E-state index in [9.17, 15) is 13.2 Å². The number of hydrogen-bond donors (Lipinski definition) is 0. The van der Waals surface area contributed by atoms with Crippen LogP contribution in [0.1, 0.15) is 11.5 Å². The Morgan fingerprint density at radius 1 is 1.24 bits per heavy atom. The van der Waals surface area contributed by atoms with E-state index >= 15 is 0 Å². The molecule has 17 heavy (non-hydrogen) atoms. The molecule has 0 aromatic heterocycles. The summed E-state index contributed by atoms with van der Waals surface area (Å²) in [6.07, 6.45) is 1.91. The molecule has 4 nitrogen and oxygen atoms in total. The van der Waals surface area contributed by atoms with Gasteiger partial charge in [-0.05, 0) is 17.7 Å². The molecule has 0 unspecified atom stereocenters. The summed E-state index contributed by atoms with van der Waals surface area (Å²) in [4.78, 5) is 10.8. The van der Waals surface area contributed by atoms with Crippen LogP contribution in [0, 0.1) is 5.92 Å². The fraction of sp³-hybridized carbons (Fsp3) is 0.417. The van der Waals surface area contributed by atoms with Gasteiger partial charge in [-0.2, -0.15) is 0 Å². The number of sulfone groups is 1. The second kappa shape index (κ2) is 4.14. The summed E-state index contributed by atoms with van der Waals surface area (Å²) in [5, 5.41) is -0.562. The molecule has 0 saturated heterocycles. The van der Waals surface area contributed by atoms with Crippen molar-refractivity contribution in [1.82, 2.24) is 0 Å². The quantitative estimate of drug-likeness (QED) is 0.753. The van der Waals surface area contributed by atoms with Crippen molar-refractivity contribution in [3.8, 4) is 5.75 Å². The Bertz CT molecular complexity index is 518. The number of aldehydes is 1. The predicted molar refractivity (Wildman–Crippen MR) is 63.9 cm³/mol. The van der Waals surface area contributed by atoms with Gasteiger partial charge in [-0.3, -0.25) is 0 Å². The lowest BCUT2D eigenvalue weighted by Crippen LogP contribution is -2.07. The molecule has 0 radical (unpaired) electrons. The first-order valence-electron chi connectivity index (χ1n) is 5.27. The van der Waals surface area contributed by atoms with Crippen LogP contribution in [-0.4, -0.2) is 33.3 Å². The minimum atomic E-state index is -3.17. The lowest BCUT2D eigenvalue weighted by molar-refractivity contribution is -0.108. The maximum absolute atomic E-state index is 11.5. The molecule has 1 fully saturated rings. The minimum Gasteiger partial charge on any atom is -0.497 e. The highest BCUT2D eigenvalue weighted by molar-refractivity contribution is 7.91. The lowest BCUT2D eigenvalue weighted by Gasteiger charge is -2.02. The van der Waals surface area contributed by atoms with Crippen LogP contribution in [-0.2, 0) is 14.6 Å². The summed E-state index contributed by atoms with van der Waals surface area (Å²) >= 11 is 0. The average Bonchev–Trinajstić information content (AvgIpc) is 3.03. The van der Waals surface area contributed by atoms with Gasteiger partial charge >= 0.3 is 0 Å². The Labute approximate surface area is 101 Å². The van der Waals surface area contributed by atoms with Crippen molar-refractivity contribution < 1.29 is 17.9 Å². The molecule has 1 aliphatic rings. The molecule has 0 spiro atoms. The fourth-order valence-corrected chi connectivity index (χ4v) is 3.84. The smallest absolute Gasteiger partial charge is 0.151 e. The number of benzene rings is 1. The Hall–Kier alpha value is -1.36. The Morgan fingerprint density at radius 2 is 1.82 bits per heavy atom. The molecule has 5 heteroatoms. The van der Waals surface area contributed by atoms with Crippen LogP contribution in [0.4, 0.5) is 0 Å². The molecule has 0 aliphatic heterocycles. The zero-order valence-electron chi connectivity index (χ0n) is 9.66. The van der Waals surface area contributed by atoms with Gasteiger partial charge in [0.2, 0.25) is 0 Å². The molecular formula is C12H14O4S. The third kappa shape index (κ3) is 2.20. The highest BCUT2D eigenvalue weighted by atomic mass is 32.2. The minimum absolute atomic E-state index is 0.201. The Balaban J connectivity index is 2.26. The van der Waals surface area contributed by atoms with E-state index in [0.29, 0.717) is 5.75 Å². The summed E-state index contributed by atoms with van der Waals surface area (Å²) < 4.78 is 28.0. The molecule has 0 bridgehead atoms. The summed E-state index contributed by atoms with van der Waals surface area (Å²) in [7, 11) is -1.60. The molecule has 3 atom stereocenters. The summed E-state index contributed by atoms with van der Waals surface area (Å²) in [5.41, 5.74) is 0.873. The van der Waals surface area contributed by atoms with E-state index in [-0.39, 0.29) is 5.92 Å². The molecule has 0 amide bonds. The monoisotopic (exact) mass is 254 g/mol. The maximum atomic E-state index is 11.5. The normalized spacial score (nSPS) is 27.5. The summed E-state index contributed by atoms with van der Waals surface area (Å²) in [6, 6.07) is 7.17. The second-order valence-electron chi connectivity index (χ2n) is 4.31. The van der Waals surface area contributed by atoms with Crippen LogP contribution in [0.5, 0.6) is 5.75 Å². The van der Waals surface area contributed by atoms with E-state index in [0.717, 1.165) is 11.8 Å². The first-order chi connectivity index (χ1) is 7.99. The third-order valence-electron chi connectivity index (χ3n) is 3.16. The van der Waals surface area contributed by atoms with Gasteiger partial charge in [0.1, 0.15) is 12.0 Å². The largest absolute Gasteiger partial charge is 0.497 e. The zero-order chi connectivity index (χ0) is 12.6. The van der Waals surface area contributed by atoms with E-state index in [2.05, 4.69) is 0 Å². The highest BCUT2D eigenvalue weighted by Gasteiger charge is 2.57. The van der Waals surface area contributed by atoms with Crippen molar-refractivity contribution in [1.29, 1.82) is 0 Å². The zero-order valence-corrected chi connectivity index (χ0v) is 10.5. The van der Waals surface area contributed by atoms with Gasteiger partial charge in [-0.25, -0.2) is 8.42 Å². The van der Waals surface area contributed by atoms with Crippen molar-refractivity contribution in [2.75, 3.05) is 13.4 Å². The standard InChI is InChI=1S/C12H14O4S/c1-16-9-5-3-8(4-6-9)11-10(7-13)12(11)17(2,14)15/h3-7,10-12H,1-2H3/t10-,11+,12+/m0/s1. The van der Waals surface area contributed by atoms with Gasteiger partial charge in [-0.1, -0.05) is 12.1 Å².